The van der Waals surface area contributed by atoms with Crippen molar-refractivity contribution in [1.29, 1.82) is 0 Å². The molecule has 0 radical (unpaired) electrons. The van der Waals surface area contributed by atoms with E-state index in [0.29, 0.717) is 38.2 Å². The summed E-state index contributed by atoms with van der Waals surface area (Å²) in [6.45, 7) is 1.67. The maximum Gasteiger partial charge on any atom is 0.262 e. The third kappa shape index (κ3) is 3.87. The first-order valence-corrected chi connectivity index (χ1v) is 11.1. The molecule has 0 spiro atoms. The normalized spacial score (nSPS) is 13.9. The Morgan fingerprint density at radius 1 is 1.13 bits per heavy atom. The van der Waals surface area contributed by atoms with Crippen LogP contribution in [-0.2, 0) is 12.8 Å². The number of aromatic nitrogens is 1. The predicted octanol–water partition coefficient (Wildman–Crippen LogP) is 5.38. The highest BCUT2D eigenvalue weighted by Crippen LogP contribution is 2.38. The van der Waals surface area contributed by atoms with E-state index in [2.05, 4.69) is 10.5 Å². The standard InChI is InChI=1S/C22H22ClN3O3S/c1-12-17(19(26-29-12)13-8-6-7-10-15(13)23)21(28)25-22-18(20(24)27)14-9-4-2-3-5-11-16(14)30-22/h6-8,10H,2-5,9,11H2,1H3,(H2,24,27)(H,25,28). The molecule has 30 heavy (non-hydrogen) atoms. The number of nitrogens with two attached hydrogens (primary N) is 1. The van der Waals surface area contributed by atoms with E-state index < -0.39 is 11.8 Å². The number of hydrogen-bond acceptors (Lipinski definition) is 5. The van der Waals surface area contributed by atoms with E-state index in [0.717, 1.165) is 42.5 Å². The van der Waals surface area contributed by atoms with Gasteiger partial charge in [0.2, 0.25) is 0 Å². The molecule has 0 aliphatic heterocycles. The van der Waals surface area contributed by atoms with Crippen LogP contribution < -0.4 is 11.1 Å². The summed E-state index contributed by atoms with van der Waals surface area (Å²) >= 11 is 7.74. The number of rotatable bonds is 4. The van der Waals surface area contributed by atoms with Gasteiger partial charge in [0.25, 0.3) is 11.8 Å². The summed E-state index contributed by atoms with van der Waals surface area (Å²) in [7, 11) is 0. The van der Waals surface area contributed by atoms with Crippen LogP contribution in [-0.4, -0.2) is 17.0 Å². The second-order valence-electron chi connectivity index (χ2n) is 7.38. The lowest BCUT2D eigenvalue weighted by atomic mass is 9.96. The van der Waals surface area contributed by atoms with Crippen molar-refractivity contribution in [3.63, 3.8) is 0 Å². The number of fused-ring (bicyclic) bond motifs is 1. The Hall–Kier alpha value is -2.64. The van der Waals surface area contributed by atoms with Crippen molar-refractivity contribution in [3.05, 3.63) is 56.6 Å². The van der Waals surface area contributed by atoms with E-state index in [9.17, 15) is 9.59 Å². The first kappa shape index (κ1) is 20.6. The molecule has 0 bridgehead atoms. The largest absolute Gasteiger partial charge is 0.365 e. The molecule has 1 aromatic carbocycles. The molecular formula is C22H22ClN3O3S. The molecule has 0 fully saturated rings. The number of anilines is 1. The maximum absolute atomic E-state index is 13.2. The van der Waals surface area contributed by atoms with Crippen molar-refractivity contribution in [2.75, 3.05) is 5.32 Å². The fourth-order valence-electron chi connectivity index (χ4n) is 3.91. The highest BCUT2D eigenvalue weighted by atomic mass is 35.5. The first-order valence-electron chi connectivity index (χ1n) is 9.94. The van der Waals surface area contributed by atoms with E-state index in [-0.39, 0.29) is 0 Å². The van der Waals surface area contributed by atoms with Gasteiger partial charge in [-0.25, -0.2) is 0 Å². The summed E-state index contributed by atoms with van der Waals surface area (Å²) in [6, 6.07) is 7.13. The lowest BCUT2D eigenvalue weighted by Crippen LogP contribution is -2.19. The van der Waals surface area contributed by atoms with Gasteiger partial charge in [-0.05, 0) is 44.2 Å². The molecule has 2 aromatic heterocycles. The van der Waals surface area contributed by atoms with Gasteiger partial charge in [0.15, 0.2) is 0 Å². The van der Waals surface area contributed by atoms with Crippen LogP contribution in [0.5, 0.6) is 0 Å². The van der Waals surface area contributed by atoms with Gasteiger partial charge in [0, 0.05) is 10.4 Å². The zero-order chi connectivity index (χ0) is 21.3. The Bertz CT molecular complexity index is 1120. The molecule has 3 aromatic rings. The first-order chi connectivity index (χ1) is 14.5. The summed E-state index contributed by atoms with van der Waals surface area (Å²) in [5.74, 6) is -0.546. The lowest BCUT2D eigenvalue weighted by Gasteiger charge is -2.10. The Morgan fingerprint density at radius 3 is 2.60 bits per heavy atom. The molecule has 2 amide bonds. The second kappa shape index (κ2) is 8.62. The van der Waals surface area contributed by atoms with E-state index >= 15 is 0 Å². The smallest absolute Gasteiger partial charge is 0.262 e. The van der Waals surface area contributed by atoms with Gasteiger partial charge in [-0.3, -0.25) is 9.59 Å². The molecule has 3 N–H and O–H groups in total. The van der Waals surface area contributed by atoms with Crippen LogP contribution >= 0.6 is 22.9 Å². The van der Waals surface area contributed by atoms with Crippen molar-refractivity contribution in [2.24, 2.45) is 5.73 Å². The number of thiophene rings is 1. The molecule has 2 heterocycles. The third-order valence-electron chi connectivity index (χ3n) is 5.36. The Morgan fingerprint density at radius 2 is 1.87 bits per heavy atom. The molecule has 6 nitrogen and oxygen atoms in total. The van der Waals surface area contributed by atoms with Crippen LogP contribution in [0, 0.1) is 6.92 Å². The Kier molecular flexibility index (Phi) is 5.92. The van der Waals surface area contributed by atoms with Crippen molar-refractivity contribution >= 4 is 39.8 Å². The number of benzene rings is 1. The van der Waals surface area contributed by atoms with E-state index in [1.807, 2.05) is 6.07 Å². The third-order valence-corrected chi connectivity index (χ3v) is 6.90. The highest BCUT2D eigenvalue weighted by Gasteiger charge is 2.27. The number of nitrogens with one attached hydrogen (secondary N) is 1. The summed E-state index contributed by atoms with van der Waals surface area (Å²) < 4.78 is 5.30. The molecule has 4 rings (SSSR count). The van der Waals surface area contributed by atoms with Gasteiger partial charge in [-0.2, -0.15) is 0 Å². The van der Waals surface area contributed by atoms with Gasteiger partial charge >= 0.3 is 0 Å². The van der Waals surface area contributed by atoms with E-state index in [4.69, 9.17) is 21.9 Å². The van der Waals surface area contributed by atoms with Gasteiger partial charge in [-0.15, -0.1) is 11.3 Å². The summed E-state index contributed by atoms with van der Waals surface area (Å²) in [5.41, 5.74) is 8.38. The average Bonchev–Trinajstić information content (AvgIpc) is 3.22. The van der Waals surface area contributed by atoms with Gasteiger partial charge in [0.05, 0.1) is 10.6 Å². The minimum absolute atomic E-state index is 0.291. The van der Waals surface area contributed by atoms with Crippen molar-refractivity contribution in [2.45, 2.75) is 45.4 Å². The Balaban J connectivity index is 1.72. The van der Waals surface area contributed by atoms with Crippen LogP contribution in [0.4, 0.5) is 5.00 Å². The summed E-state index contributed by atoms with van der Waals surface area (Å²) in [4.78, 5) is 26.6. The minimum Gasteiger partial charge on any atom is -0.365 e. The quantitative estimate of drug-likeness (QED) is 0.565. The number of nitrogens with zero attached hydrogens (tertiary/aromatic N) is 1. The number of aryl methyl sites for hydroxylation is 2. The lowest BCUT2D eigenvalue weighted by molar-refractivity contribution is 0.100. The molecule has 1 aliphatic rings. The number of halogens is 1. The van der Waals surface area contributed by atoms with Gasteiger partial charge in [0.1, 0.15) is 22.0 Å². The van der Waals surface area contributed by atoms with Gasteiger partial charge < -0.3 is 15.6 Å². The number of primary amides is 1. The monoisotopic (exact) mass is 443 g/mol. The van der Waals surface area contributed by atoms with E-state index in [1.165, 1.54) is 17.8 Å². The minimum atomic E-state index is -0.517. The highest BCUT2D eigenvalue weighted by molar-refractivity contribution is 7.17. The fourth-order valence-corrected chi connectivity index (χ4v) is 5.43. The van der Waals surface area contributed by atoms with Crippen LogP contribution in [0.1, 0.15) is 62.6 Å². The molecule has 8 heteroatoms. The molecule has 0 saturated heterocycles. The van der Waals surface area contributed by atoms with Crippen molar-refractivity contribution < 1.29 is 14.1 Å². The van der Waals surface area contributed by atoms with Crippen molar-refractivity contribution in [3.8, 4) is 11.3 Å². The zero-order valence-corrected chi connectivity index (χ0v) is 18.2. The van der Waals surface area contributed by atoms with Gasteiger partial charge in [-0.1, -0.05) is 47.8 Å². The van der Waals surface area contributed by atoms with Crippen LogP contribution in [0.25, 0.3) is 11.3 Å². The zero-order valence-electron chi connectivity index (χ0n) is 16.6. The Labute approximate surface area is 183 Å². The van der Waals surface area contributed by atoms with Crippen molar-refractivity contribution in [1.82, 2.24) is 5.16 Å². The molecule has 0 saturated carbocycles. The summed E-state index contributed by atoms with van der Waals surface area (Å²) in [5, 5.41) is 7.91. The van der Waals surface area contributed by atoms with Crippen LogP contribution in [0.2, 0.25) is 5.02 Å². The topological polar surface area (TPSA) is 98.2 Å². The number of hydrogen-bond donors (Lipinski definition) is 2. The maximum atomic E-state index is 13.2. The SMILES string of the molecule is Cc1onc(-c2ccccc2Cl)c1C(=O)Nc1sc2c(c1C(N)=O)CCCCCC2. The van der Waals surface area contributed by atoms with Crippen LogP contribution in [0.15, 0.2) is 28.8 Å². The summed E-state index contributed by atoms with van der Waals surface area (Å²) in [6.07, 6.45) is 6.09. The molecule has 0 atom stereocenters. The molecular weight excluding hydrogens is 422 g/mol. The average molecular weight is 444 g/mol. The van der Waals surface area contributed by atoms with Crippen LogP contribution in [0.3, 0.4) is 0 Å². The number of amides is 2. The molecule has 156 valence electrons. The number of carbonyl (C=O) groups is 2. The molecule has 1 aliphatic carbocycles. The predicted molar refractivity (Wildman–Crippen MR) is 118 cm³/mol. The second-order valence-corrected chi connectivity index (χ2v) is 8.90. The fraction of sp³-hybridized carbons (Fsp3) is 0.318. The molecule has 0 unspecified atom stereocenters. The van der Waals surface area contributed by atoms with E-state index in [1.54, 1.807) is 25.1 Å². The number of carbonyl (C=O) groups excluding carboxylic acids is 2.